The van der Waals surface area contributed by atoms with Gasteiger partial charge in [-0.25, -0.2) is 14.6 Å². The average molecular weight is 320 g/mol. The number of nitrogens with zero attached hydrogens (tertiary/aromatic N) is 2. The largest absolute Gasteiger partial charge is 0.451 e. The number of pyridine rings is 1. The first-order valence-electron chi connectivity index (χ1n) is 6.12. The lowest BCUT2D eigenvalue weighted by molar-refractivity contribution is -0.123. The summed E-state index contributed by atoms with van der Waals surface area (Å²) in [5.74, 6) is -1.50. The number of primary amides is 1. The summed E-state index contributed by atoms with van der Waals surface area (Å²) in [6.45, 7) is 1.06. The van der Waals surface area contributed by atoms with Crippen LogP contribution in [0.1, 0.15) is 15.4 Å². The molecule has 0 aliphatic rings. The number of carbonyl (C=O) groups is 3. The van der Waals surface area contributed by atoms with Crippen LogP contribution in [0.3, 0.4) is 0 Å². The summed E-state index contributed by atoms with van der Waals surface area (Å²) in [6.07, 6.45) is 1.62. The van der Waals surface area contributed by atoms with Crippen molar-refractivity contribution in [2.45, 2.75) is 6.92 Å². The van der Waals surface area contributed by atoms with Crippen molar-refractivity contribution < 1.29 is 19.1 Å². The van der Waals surface area contributed by atoms with Gasteiger partial charge in [0.05, 0.1) is 11.4 Å². The number of carbonyl (C=O) groups excluding carboxylic acids is 3. The van der Waals surface area contributed by atoms with E-state index in [1.165, 1.54) is 0 Å². The number of imide groups is 1. The summed E-state index contributed by atoms with van der Waals surface area (Å²) >= 11 is 1.11. The van der Waals surface area contributed by atoms with Crippen molar-refractivity contribution in [3.63, 3.8) is 0 Å². The Morgan fingerprint density at radius 1 is 1.36 bits per heavy atom. The number of hydrogen-bond acceptors (Lipinski definition) is 7. The molecule has 114 valence electrons. The third kappa shape index (κ3) is 3.85. The zero-order valence-electron chi connectivity index (χ0n) is 11.5. The highest BCUT2D eigenvalue weighted by Crippen LogP contribution is 2.26. The first-order valence-corrected chi connectivity index (χ1v) is 6.94. The highest BCUT2D eigenvalue weighted by atomic mass is 32.1. The molecule has 0 radical (unpaired) electrons. The number of urea groups is 1. The van der Waals surface area contributed by atoms with E-state index >= 15 is 0 Å². The van der Waals surface area contributed by atoms with Crippen molar-refractivity contribution in [3.8, 4) is 10.7 Å². The lowest BCUT2D eigenvalue weighted by atomic mass is 10.3. The van der Waals surface area contributed by atoms with Crippen LogP contribution in [0.2, 0.25) is 0 Å². The third-order valence-corrected chi connectivity index (χ3v) is 3.62. The molecule has 0 spiro atoms. The van der Waals surface area contributed by atoms with Crippen LogP contribution in [0.25, 0.3) is 10.7 Å². The first-order chi connectivity index (χ1) is 10.5. The number of esters is 1. The van der Waals surface area contributed by atoms with Gasteiger partial charge in [0.2, 0.25) is 0 Å². The van der Waals surface area contributed by atoms with Gasteiger partial charge in [0.1, 0.15) is 9.88 Å². The maximum absolute atomic E-state index is 11.9. The highest BCUT2D eigenvalue weighted by Gasteiger charge is 2.19. The van der Waals surface area contributed by atoms with E-state index in [9.17, 15) is 14.4 Å². The van der Waals surface area contributed by atoms with Gasteiger partial charge in [-0.3, -0.25) is 15.1 Å². The van der Waals surface area contributed by atoms with E-state index in [1.54, 1.807) is 30.6 Å². The maximum atomic E-state index is 11.9. The normalized spacial score (nSPS) is 10.0. The minimum atomic E-state index is -1.01. The summed E-state index contributed by atoms with van der Waals surface area (Å²) < 4.78 is 4.81. The van der Waals surface area contributed by atoms with Crippen LogP contribution >= 0.6 is 11.3 Å². The summed E-state index contributed by atoms with van der Waals surface area (Å²) in [7, 11) is 0. The molecule has 2 aromatic heterocycles. The Balaban J connectivity index is 2.06. The molecule has 0 aliphatic heterocycles. The van der Waals surface area contributed by atoms with Crippen LogP contribution in [0, 0.1) is 6.92 Å². The molecule has 0 saturated carbocycles. The molecule has 0 unspecified atom stereocenters. The molecule has 0 atom stereocenters. The molecular weight excluding hydrogens is 308 g/mol. The monoisotopic (exact) mass is 320 g/mol. The van der Waals surface area contributed by atoms with Crippen molar-refractivity contribution in [1.82, 2.24) is 15.3 Å². The SMILES string of the molecule is Cc1nc(-c2ccccn2)sc1C(=O)OCC(=O)NC(N)=O. The second-order valence-electron chi connectivity index (χ2n) is 4.14. The van der Waals surface area contributed by atoms with E-state index in [4.69, 9.17) is 10.5 Å². The molecule has 9 heteroatoms. The first kappa shape index (κ1) is 15.6. The van der Waals surface area contributed by atoms with Crippen molar-refractivity contribution >= 4 is 29.2 Å². The molecule has 2 heterocycles. The number of hydrogen-bond donors (Lipinski definition) is 2. The van der Waals surface area contributed by atoms with Gasteiger partial charge in [0, 0.05) is 6.20 Å². The molecule has 2 rings (SSSR count). The van der Waals surface area contributed by atoms with E-state index < -0.39 is 24.5 Å². The molecule has 3 N–H and O–H groups in total. The van der Waals surface area contributed by atoms with E-state index in [0.717, 1.165) is 11.3 Å². The van der Waals surface area contributed by atoms with Crippen molar-refractivity contribution in [2.24, 2.45) is 5.73 Å². The second-order valence-corrected chi connectivity index (χ2v) is 5.14. The molecule has 0 fully saturated rings. The van der Waals surface area contributed by atoms with Crippen LogP contribution in [0.15, 0.2) is 24.4 Å². The molecule has 0 aromatic carbocycles. The van der Waals surface area contributed by atoms with Gasteiger partial charge < -0.3 is 10.5 Å². The Morgan fingerprint density at radius 2 is 2.14 bits per heavy atom. The van der Waals surface area contributed by atoms with Crippen LogP contribution in [-0.2, 0) is 9.53 Å². The van der Waals surface area contributed by atoms with E-state index in [0.29, 0.717) is 16.4 Å². The van der Waals surface area contributed by atoms with Crippen LogP contribution in [0.5, 0.6) is 0 Å². The lowest BCUT2D eigenvalue weighted by Gasteiger charge is -2.02. The number of nitrogens with two attached hydrogens (primary N) is 1. The highest BCUT2D eigenvalue weighted by molar-refractivity contribution is 7.17. The van der Waals surface area contributed by atoms with E-state index in [-0.39, 0.29) is 4.88 Å². The van der Waals surface area contributed by atoms with Gasteiger partial charge in [-0.15, -0.1) is 11.3 Å². The number of rotatable bonds is 4. The average Bonchev–Trinajstić information content (AvgIpc) is 2.87. The number of aryl methyl sites for hydroxylation is 1. The summed E-state index contributed by atoms with van der Waals surface area (Å²) in [4.78, 5) is 42.3. The second kappa shape index (κ2) is 6.76. The fourth-order valence-electron chi connectivity index (χ4n) is 1.55. The molecule has 0 aliphatic carbocycles. The fourth-order valence-corrected chi connectivity index (χ4v) is 2.49. The molecule has 0 bridgehead atoms. The Labute approximate surface area is 129 Å². The Kier molecular flexibility index (Phi) is 4.79. The maximum Gasteiger partial charge on any atom is 0.350 e. The van der Waals surface area contributed by atoms with Gasteiger partial charge >= 0.3 is 12.0 Å². The predicted molar refractivity (Wildman–Crippen MR) is 78.1 cm³/mol. The summed E-state index contributed by atoms with van der Waals surface area (Å²) in [5.41, 5.74) is 5.89. The Hall–Kier alpha value is -2.81. The van der Waals surface area contributed by atoms with Gasteiger partial charge in [0.25, 0.3) is 5.91 Å². The predicted octanol–water partition coefficient (Wildman–Crippen LogP) is 0.865. The van der Waals surface area contributed by atoms with Crippen LogP contribution in [0.4, 0.5) is 4.79 Å². The molecular formula is C13H12N4O4S. The van der Waals surface area contributed by atoms with E-state index in [1.807, 2.05) is 6.07 Å². The van der Waals surface area contributed by atoms with Gasteiger partial charge in [0.15, 0.2) is 6.61 Å². The topological polar surface area (TPSA) is 124 Å². The smallest absolute Gasteiger partial charge is 0.350 e. The zero-order valence-corrected chi connectivity index (χ0v) is 12.3. The number of thiazole rings is 1. The number of aromatic nitrogens is 2. The van der Waals surface area contributed by atoms with Crippen molar-refractivity contribution in [3.05, 3.63) is 35.0 Å². The minimum Gasteiger partial charge on any atom is -0.451 e. The number of ether oxygens (including phenoxy) is 1. The number of amides is 3. The van der Waals surface area contributed by atoms with Crippen molar-refractivity contribution in [1.29, 1.82) is 0 Å². The van der Waals surface area contributed by atoms with Crippen molar-refractivity contribution in [2.75, 3.05) is 6.61 Å². The third-order valence-electron chi connectivity index (χ3n) is 2.46. The Morgan fingerprint density at radius 3 is 2.77 bits per heavy atom. The van der Waals surface area contributed by atoms with Gasteiger partial charge in [-0.1, -0.05) is 6.07 Å². The lowest BCUT2D eigenvalue weighted by Crippen LogP contribution is -2.37. The summed E-state index contributed by atoms with van der Waals surface area (Å²) in [5, 5.41) is 2.37. The molecule has 3 amide bonds. The van der Waals surface area contributed by atoms with Crippen LogP contribution < -0.4 is 11.1 Å². The van der Waals surface area contributed by atoms with Gasteiger partial charge in [-0.2, -0.15) is 0 Å². The number of nitrogens with one attached hydrogen (secondary N) is 1. The molecule has 8 nitrogen and oxygen atoms in total. The molecule has 2 aromatic rings. The van der Waals surface area contributed by atoms with Gasteiger partial charge in [-0.05, 0) is 19.1 Å². The molecule has 0 saturated heterocycles. The summed E-state index contributed by atoms with van der Waals surface area (Å²) in [6, 6.07) is 4.35. The Bertz CT molecular complexity index is 714. The zero-order chi connectivity index (χ0) is 16.1. The van der Waals surface area contributed by atoms with E-state index in [2.05, 4.69) is 9.97 Å². The fraction of sp³-hybridized carbons (Fsp3) is 0.154. The standard InChI is InChI=1S/C13H12N4O4S/c1-7-10(12(19)21-6-9(18)17-13(14)20)22-11(16-7)8-4-2-3-5-15-8/h2-5H,6H2,1H3,(H3,14,17,18,20). The van der Waals surface area contributed by atoms with Crippen LogP contribution in [-0.4, -0.2) is 34.5 Å². The quantitative estimate of drug-likeness (QED) is 0.805. The molecule has 22 heavy (non-hydrogen) atoms. The minimum absolute atomic E-state index is 0.271.